The molecule has 714 valence electrons. The smallest absolute Gasteiger partial charge is 0.309 e. The van der Waals surface area contributed by atoms with Crippen LogP contribution in [-0.2, 0) is 51.3 Å². The van der Waals surface area contributed by atoms with E-state index in [1.807, 2.05) is 170 Å². The lowest BCUT2D eigenvalue weighted by molar-refractivity contribution is -0.138. The zero-order valence-corrected chi connectivity index (χ0v) is 83.9. The van der Waals surface area contributed by atoms with E-state index in [0.717, 1.165) is 137 Å². The summed E-state index contributed by atoms with van der Waals surface area (Å²) in [6.45, 7) is 37.5. The Morgan fingerprint density at radius 2 is 0.465 bits per heavy atom. The van der Waals surface area contributed by atoms with Crippen LogP contribution in [0.15, 0.2) is 346 Å². The second-order valence-electron chi connectivity index (χ2n) is 44.4. The molecule has 0 aliphatic carbocycles. The van der Waals surface area contributed by atoms with Crippen LogP contribution in [0.3, 0.4) is 0 Å². The number of rotatable bonds is 15. The largest absolute Gasteiger partial charge is 0.416 e. The summed E-state index contributed by atoms with van der Waals surface area (Å²) in [6.07, 6.45) is -8.98. The molecule has 6 heterocycles. The molecule has 16 heteroatoms. The third-order valence-electron chi connectivity index (χ3n) is 28.9. The molecule has 0 N–H and O–H groups in total. The number of fused-ring (bicyclic) bond motifs is 12. The highest BCUT2D eigenvalue weighted by Crippen LogP contribution is 2.51. The molecule has 0 amide bonds. The molecular formula is C128H110F6N10. The molecule has 0 bridgehead atoms. The molecule has 0 spiro atoms. The molecule has 0 unspecified atom stereocenters. The van der Waals surface area contributed by atoms with Gasteiger partial charge in [-0.05, 0) is 253 Å². The van der Waals surface area contributed by atoms with Gasteiger partial charge in [-0.2, -0.15) is 26.3 Å². The van der Waals surface area contributed by atoms with Crippen LogP contribution < -0.4 is 0 Å². The lowest BCUT2D eigenvalue weighted by atomic mass is 9.78. The van der Waals surface area contributed by atoms with Gasteiger partial charge in [0.25, 0.3) is 0 Å². The van der Waals surface area contributed by atoms with Gasteiger partial charge < -0.3 is 18.3 Å². The van der Waals surface area contributed by atoms with Crippen molar-refractivity contribution in [3.63, 3.8) is 0 Å². The average Bonchev–Trinajstić information content (AvgIpc) is 1.56. The van der Waals surface area contributed by atoms with Gasteiger partial charge in [-0.15, -0.1) is 0 Å². The Bertz CT molecular complexity index is 8790. The van der Waals surface area contributed by atoms with Gasteiger partial charge in [0.2, 0.25) is 0 Å². The first-order chi connectivity index (χ1) is 68.5. The van der Waals surface area contributed by atoms with E-state index >= 15 is 26.3 Å². The Morgan fingerprint density at radius 1 is 0.194 bits per heavy atom. The highest BCUT2D eigenvalue weighted by molar-refractivity contribution is 6.14. The van der Waals surface area contributed by atoms with Crippen LogP contribution in [0, 0.1) is 0 Å². The minimum atomic E-state index is -4.76. The Morgan fingerprint density at radius 3 is 0.806 bits per heavy atom. The van der Waals surface area contributed by atoms with E-state index in [-0.39, 0.29) is 38.7 Å². The van der Waals surface area contributed by atoms with Crippen molar-refractivity contribution in [3.8, 4) is 113 Å². The zero-order valence-electron chi connectivity index (χ0n) is 83.9. The Labute approximate surface area is 834 Å². The maximum absolute atomic E-state index is 16.2. The fourth-order valence-corrected chi connectivity index (χ4v) is 20.9. The topological polar surface area (TPSA) is 97.1 Å². The first-order valence-electron chi connectivity index (χ1n) is 49.3. The molecule has 0 atom stereocenters. The lowest BCUT2D eigenvalue weighted by Crippen LogP contribution is -2.20. The standard InChI is InChI=1S/C128H110F6N10/c1-121(2,3)81-44-56-107-97(65-81)91-40-27-29-42-105(91)141(107)89-52-54-94(95(73-89)99-71-87(127(129,130)131)50-62-111(99)143-106-43-30-28-41-92(106)98-66-82(122(4,5)6)46-58-110(98)143)120-139-117(79-37-25-20-26-38-79)136-118(140-120)80-39-31-32-76(64-80)75-126(16,17)86-49-61-109-104(70-86)101-67-83(123(7,8)9)45-57-108(101)142(109)90-53-55-93(119-137-115(77-33-21-18-22-34-77)135-116(138-119)78-35-23-19-24-36-78)96(74-90)100-72-88(128(132,133)134)51-63-112(100)144-113-59-47-84(124(10,11)12)68-102(113)103-69-85(125(13,14)15)48-60-114(103)144/h18-74H,75H2,1-17H3. The summed E-state index contributed by atoms with van der Waals surface area (Å²) < 4.78 is 105. The van der Waals surface area contributed by atoms with E-state index in [1.54, 1.807) is 12.1 Å². The summed E-state index contributed by atoms with van der Waals surface area (Å²) in [4.78, 5) is 32.1. The van der Waals surface area contributed by atoms with Crippen molar-refractivity contribution in [2.75, 3.05) is 0 Å². The lowest BCUT2D eigenvalue weighted by Gasteiger charge is -2.26. The average molecular weight is 1900 g/mol. The van der Waals surface area contributed by atoms with Crippen molar-refractivity contribution >= 4 is 87.2 Å². The second-order valence-corrected chi connectivity index (χ2v) is 44.4. The highest BCUT2D eigenvalue weighted by Gasteiger charge is 2.37. The SMILES string of the molecule is CC(C)(C)c1ccc2c(c1)c1ccccc1n2-c1ccc(-c2nc(-c3ccccc3)nc(-c3cccc(CC(C)(C)c4ccc5c(c4)c4cc(C(C)(C)C)ccc4n5-c4ccc(-c5nc(-c6ccccc6)nc(-c6ccccc6)n5)c(-c5cc(C(F)(F)F)ccc5-n5c6ccc(C(C)(C)C)cc6c6cc(C(C)(C)C)ccc65)c4)c3)n2)c(-c2cc(C(F)(F)F)ccc2-n2c3ccccc3c3cc(C(C)(C)C)ccc32)c1. The summed E-state index contributed by atoms with van der Waals surface area (Å²) in [5.74, 6) is 2.03. The molecule has 16 aromatic carbocycles. The van der Waals surface area contributed by atoms with Crippen LogP contribution in [0.2, 0.25) is 0 Å². The second kappa shape index (κ2) is 34.3. The number of hydrogen-bond donors (Lipinski definition) is 0. The van der Waals surface area contributed by atoms with Gasteiger partial charge in [-0.3, -0.25) is 0 Å². The molecule has 6 aromatic heterocycles. The van der Waals surface area contributed by atoms with Gasteiger partial charge in [0.15, 0.2) is 34.9 Å². The van der Waals surface area contributed by atoms with Crippen molar-refractivity contribution in [2.24, 2.45) is 0 Å². The maximum atomic E-state index is 16.2. The first-order valence-corrected chi connectivity index (χ1v) is 49.3. The highest BCUT2D eigenvalue weighted by atomic mass is 19.4. The van der Waals surface area contributed by atoms with Gasteiger partial charge in [0, 0.05) is 99.0 Å². The molecule has 10 nitrogen and oxygen atoms in total. The number of hydrogen-bond acceptors (Lipinski definition) is 6. The quantitative estimate of drug-likeness (QED) is 0.0949. The summed E-state index contributed by atoms with van der Waals surface area (Å²) in [7, 11) is 0. The van der Waals surface area contributed by atoms with Gasteiger partial charge in [0.1, 0.15) is 0 Å². The molecule has 0 fully saturated rings. The Hall–Kier alpha value is -15.7. The maximum Gasteiger partial charge on any atom is 0.416 e. The van der Waals surface area contributed by atoms with Gasteiger partial charge >= 0.3 is 12.4 Å². The van der Waals surface area contributed by atoms with E-state index in [9.17, 15) is 0 Å². The van der Waals surface area contributed by atoms with E-state index < -0.39 is 28.9 Å². The summed E-state index contributed by atoms with van der Waals surface area (Å²) in [5.41, 5.74) is 19.1. The summed E-state index contributed by atoms with van der Waals surface area (Å²) in [6, 6.07) is 113. The van der Waals surface area contributed by atoms with Crippen LogP contribution in [0.4, 0.5) is 26.3 Å². The number of nitrogens with zero attached hydrogens (tertiary/aromatic N) is 10. The molecule has 0 aliphatic heterocycles. The Kier molecular flexibility index (Phi) is 22.2. The van der Waals surface area contributed by atoms with Crippen LogP contribution >= 0.6 is 0 Å². The molecule has 0 aliphatic rings. The number of halogens is 6. The number of benzene rings is 16. The molecule has 0 saturated carbocycles. The molecule has 22 rings (SSSR count). The predicted octanol–water partition coefficient (Wildman–Crippen LogP) is 34.8. The summed E-state index contributed by atoms with van der Waals surface area (Å²) in [5, 5.41) is 7.93. The fourth-order valence-electron chi connectivity index (χ4n) is 20.9. The van der Waals surface area contributed by atoms with Crippen molar-refractivity contribution in [2.45, 2.75) is 169 Å². The normalized spacial score (nSPS) is 12.9. The van der Waals surface area contributed by atoms with E-state index in [1.165, 1.54) is 29.8 Å². The van der Waals surface area contributed by atoms with E-state index in [4.69, 9.17) is 29.9 Å². The van der Waals surface area contributed by atoms with Crippen LogP contribution in [0.25, 0.3) is 201 Å². The minimum Gasteiger partial charge on any atom is -0.309 e. The number of alkyl halides is 6. The van der Waals surface area contributed by atoms with Crippen LogP contribution in [-0.4, -0.2) is 48.2 Å². The van der Waals surface area contributed by atoms with Crippen LogP contribution in [0.1, 0.15) is 168 Å². The first kappa shape index (κ1) is 93.3. The van der Waals surface area contributed by atoms with Crippen molar-refractivity contribution in [3.05, 3.63) is 396 Å². The number of aromatic nitrogens is 10. The third-order valence-corrected chi connectivity index (χ3v) is 28.9. The van der Waals surface area contributed by atoms with Gasteiger partial charge in [-0.1, -0.05) is 300 Å². The minimum absolute atomic E-state index is 0.169. The molecule has 0 radical (unpaired) electrons. The van der Waals surface area contributed by atoms with Crippen molar-refractivity contribution in [1.82, 2.24) is 48.2 Å². The molecule has 144 heavy (non-hydrogen) atoms. The Balaban J connectivity index is 0.712. The van der Waals surface area contributed by atoms with Crippen LogP contribution in [0.5, 0.6) is 0 Å². The van der Waals surface area contributed by atoms with E-state index in [2.05, 4.69) is 275 Å². The number of para-hydroxylation sites is 2. The predicted molar refractivity (Wildman–Crippen MR) is 581 cm³/mol. The van der Waals surface area contributed by atoms with Crippen molar-refractivity contribution < 1.29 is 26.3 Å². The van der Waals surface area contributed by atoms with Gasteiger partial charge in [0.05, 0.1) is 66.6 Å². The molecule has 22 aromatic rings. The summed E-state index contributed by atoms with van der Waals surface area (Å²) >= 11 is 0. The third kappa shape index (κ3) is 16.8. The zero-order chi connectivity index (χ0) is 101. The van der Waals surface area contributed by atoms with Crippen molar-refractivity contribution in [1.29, 1.82) is 0 Å². The van der Waals surface area contributed by atoms with Gasteiger partial charge in [-0.25, -0.2) is 29.9 Å². The fraction of sp³-hybridized carbons (Fsp3) is 0.203. The molecular weight excluding hydrogens is 1790 g/mol. The monoisotopic (exact) mass is 1900 g/mol. The molecule has 0 saturated heterocycles. The van der Waals surface area contributed by atoms with E-state index in [0.29, 0.717) is 91.3 Å².